The maximum absolute atomic E-state index is 11.0. The number of hydrogen-bond acceptors (Lipinski definition) is 5. The van der Waals surface area contributed by atoms with Gasteiger partial charge in [-0.15, -0.1) is 0 Å². The van der Waals surface area contributed by atoms with Gasteiger partial charge in [-0.3, -0.25) is 4.21 Å². The molecule has 0 spiro atoms. The quantitative estimate of drug-likeness (QED) is 0.806. The van der Waals surface area contributed by atoms with Gasteiger partial charge < -0.3 is 5.32 Å². The zero-order valence-corrected chi connectivity index (χ0v) is 9.32. The van der Waals surface area contributed by atoms with Crippen LogP contribution in [-0.2, 0) is 10.8 Å². The summed E-state index contributed by atoms with van der Waals surface area (Å²) < 4.78 is 14.9. The highest BCUT2D eigenvalue weighted by atomic mass is 32.2. The second-order valence-electron chi connectivity index (χ2n) is 2.77. The van der Waals surface area contributed by atoms with E-state index in [0.29, 0.717) is 0 Å². The van der Waals surface area contributed by atoms with Crippen LogP contribution in [0.4, 0.5) is 5.13 Å². The van der Waals surface area contributed by atoms with Crippen LogP contribution in [0.15, 0.2) is 6.33 Å². The molecule has 0 radical (unpaired) electrons. The van der Waals surface area contributed by atoms with E-state index in [1.54, 1.807) is 6.26 Å². The molecular weight excluding hydrogens is 206 g/mol. The average molecular weight is 219 g/mol. The van der Waals surface area contributed by atoms with Gasteiger partial charge in [-0.25, -0.2) is 4.98 Å². The Bertz CT molecular complexity index is 263. The molecule has 0 aromatic carbocycles. The second kappa shape index (κ2) is 5.29. The predicted molar refractivity (Wildman–Crippen MR) is 56.5 cm³/mol. The summed E-state index contributed by atoms with van der Waals surface area (Å²) in [5.41, 5.74) is 0. The summed E-state index contributed by atoms with van der Waals surface area (Å²) in [7, 11) is -0.731. The average Bonchev–Trinajstić information content (AvgIpc) is 2.56. The fourth-order valence-corrected chi connectivity index (χ4v) is 1.70. The van der Waals surface area contributed by atoms with Gasteiger partial charge in [0, 0.05) is 40.4 Å². The SMILES string of the molecule is CC(CCNc1ncns1)S(C)=O. The highest BCUT2D eigenvalue weighted by Gasteiger charge is 2.05. The molecule has 0 bridgehead atoms. The summed E-state index contributed by atoms with van der Waals surface area (Å²) in [4.78, 5) is 3.98. The van der Waals surface area contributed by atoms with Gasteiger partial charge in [0.1, 0.15) is 6.33 Å². The van der Waals surface area contributed by atoms with Gasteiger partial charge in [0.25, 0.3) is 0 Å². The van der Waals surface area contributed by atoms with E-state index >= 15 is 0 Å². The lowest BCUT2D eigenvalue weighted by Gasteiger charge is -2.07. The maximum atomic E-state index is 11.0. The van der Waals surface area contributed by atoms with Crippen LogP contribution in [0.2, 0.25) is 0 Å². The van der Waals surface area contributed by atoms with Crippen molar-refractivity contribution in [1.29, 1.82) is 0 Å². The molecule has 74 valence electrons. The molecule has 0 aliphatic carbocycles. The number of aromatic nitrogens is 2. The molecule has 0 saturated heterocycles. The van der Waals surface area contributed by atoms with E-state index in [4.69, 9.17) is 0 Å². The molecule has 1 heterocycles. The van der Waals surface area contributed by atoms with Gasteiger partial charge in [-0.2, -0.15) is 4.37 Å². The summed E-state index contributed by atoms with van der Waals surface area (Å²) in [5.74, 6) is 0. The Morgan fingerprint density at radius 2 is 2.54 bits per heavy atom. The van der Waals surface area contributed by atoms with E-state index in [1.807, 2.05) is 6.92 Å². The molecule has 0 aliphatic rings. The number of anilines is 1. The largest absolute Gasteiger partial charge is 0.360 e. The number of nitrogens with zero attached hydrogens (tertiary/aromatic N) is 2. The summed E-state index contributed by atoms with van der Waals surface area (Å²) in [6.07, 6.45) is 4.15. The Kier molecular flexibility index (Phi) is 4.31. The van der Waals surface area contributed by atoms with Crippen LogP contribution in [0.25, 0.3) is 0 Å². The van der Waals surface area contributed by atoms with Crippen molar-refractivity contribution in [3.63, 3.8) is 0 Å². The van der Waals surface area contributed by atoms with Gasteiger partial charge in [-0.1, -0.05) is 6.92 Å². The van der Waals surface area contributed by atoms with Crippen LogP contribution in [0.1, 0.15) is 13.3 Å². The number of rotatable bonds is 5. The Morgan fingerprint density at radius 1 is 1.77 bits per heavy atom. The fraction of sp³-hybridized carbons (Fsp3) is 0.714. The van der Waals surface area contributed by atoms with Crippen molar-refractivity contribution in [3.05, 3.63) is 6.33 Å². The van der Waals surface area contributed by atoms with Crippen molar-refractivity contribution in [3.8, 4) is 0 Å². The lowest BCUT2D eigenvalue weighted by atomic mass is 10.3. The molecule has 0 fully saturated rings. The zero-order chi connectivity index (χ0) is 9.68. The van der Waals surface area contributed by atoms with Crippen molar-refractivity contribution in [1.82, 2.24) is 9.36 Å². The van der Waals surface area contributed by atoms with Gasteiger partial charge >= 0.3 is 0 Å². The smallest absolute Gasteiger partial charge is 0.202 e. The Hall–Kier alpha value is -0.490. The van der Waals surface area contributed by atoms with Gasteiger partial charge in [0.15, 0.2) is 0 Å². The minimum Gasteiger partial charge on any atom is -0.360 e. The summed E-state index contributed by atoms with van der Waals surface area (Å²) in [6, 6.07) is 0. The normalized spacial score (nSPS) is 15.2. The van der Waals surface area contributed by atoms with E-state index in [1.165, 1.54) is 17.9 Å². The fourth-order valence-electron chi connectivity index (χ4n) is 0.799. The van der Waals surface area contributed by atoms with Crippen LogP contribution in [-0.4, -0.2) is 31.6 Å². The molecule has 2 unspecified atom stereocenters. The van der Waals surface area contributed by atoms with Crippen molar-refractivity contribution < 1.29 is 4.21 Å². The minimum absolute atomic E-state index is 0.237. The Labute approximate surface area is 84.4 Å². The first-order valence-corrected chi connectivity index (χ1v) is 6.42. The molecule has 1 rings (SSSR count). The summed E-state index contributed by atoms with van der Waals surface area (Å²) in [5, 5.41) is 4.19. The van der Waals surface area contributed by atoms with Gasteiger partial charge in [0.05, 0.1) is 0 Å². The molecule has 6 heteroatoms. The topological polar surface area (TPSA) is 54.9 Å². The van der Waals surface area contributed by atoms with E-state index in [0.717, 1.165) is 18.1 Å². The third-order valence-electron chi connectivity index (χ3n) is 1.76. The number of nitrogens with one attached hydrogen (secondary N) is 1. The molecule has 0 amide bonds. The Balaban J connectivity index is 2.18. The van der Waals surface area contributed by atoms with Gasteiger partial charge in [-0.05, 0) is 6.42 Å². The molecule has 0 aliphatic heterocycles. The molecule has 2 atom stereocenters. The van der Waals surface area contributed by atoms with Crippen molar-refractivity contribution in [2.24, 2.45) is 0 Å². The number of hydrogen-bond donors (Lipinski definition) is 1. The lowest BCUT2D eigenvalue weighted by Crippen LogP contribution is -2.14. The predicted octanol–water partition coefficient (Wildman–Crippen LogP) is 1.11. The van der Waals surface area contributed by atoms with E-state index in [-0.39, 0.29) is 5.25 Å². The van der Waals surface area contributed by atoms with Crippen molar-refractivity contribution in [2.45, 2.75) is 18.6 Å². The first kappa shape index (κ1) is 10.6. The van der Waals surface area contributed by atoms with E-state index in [2.05, 4.69) is 14.7 Å². The molecule has 1 N–H and O–H groups in total. The van der Waals surface area contributed by atoms with Crippen molar-refractivity contribution in [2.75, 3.05) is 18.1 Å². The first-order chi connectivity index (χ1) is 6.20. The summed E-state index contributed by atoms with van der Waals surface area (Å²) >= 11 is 1.33. The maximum Gasteiger partial charge on any atom is 0.202 e. The highest BCUT2D eigenvalue weighted by Crippen LogP contribution is 2.07. The van der Waals surface area contributed by atoms with Crippen LogP contribution < -0.4 is 5.32 Å². The van der Waals surface area contributed by atoms with Crippen LogP contribution >= 0.6 is 11.5 Å². The van der Waals surface area contributed by atoms with E-state index < -0.39 is 10.8 Å². The third kappa shape index (κ3) is 3.82. The monoisotopic (exact) mass is 219 g/mol. The Morgan fingerprint density at radius 3 is 3.08 bits per heavy atom. The van der Waals surface area contributed by atoms with Crippen molar-refractivity contribution >= 4 is 27.5 Å². The first-order valence-electron chi connectivity index (χ1n) is 4.03. The molecule has 1 aromatic heterocycles. The lowest BCUT2D eigenvalue weighted by molar-refractivity contribution is 0.672. The standard InChI is InChI=1S/C7H13N3OS2/c1-6(13(2)11)3-4-8-7-9-5-10-12-7/h5-6H,3-4H2,1-2H3,(H,8,9,10). The van der Waals surface area contributed by atoms with Gasteiger partial charge in [0.2, 0.25) is 5.13 Å². The summed E-state index contributed by atoms with van der Waals surface area (Å²) in [6.45, 7) is 2.79. The minimum atomic E-state index is -0.731. The third-order valence-corrected chi connectivity index (χ3v) is 3.75. The molecule has 0 saturated carbocycles. The molecule has 1 aromatic rings. The van der Waals surface area contributed by atoms with Crippen LogP contribution in [0.3, 0.4) is 0 Å². The second-order valence-corrected chi connectivity index (χ2v) is 5.35. The van der Waals surface area contributed by atoms with Crippen LogP contribution in [0.5, 0.6) is 0 Å². The zero-order valence-electron chi connectivity index (χ0n) is 7.69. The highest BCUT2D eigenvalue weighted by molar-refractivity contribution is 7.84. The molecular formula is C7H13N3OS2. The molecule has 4 nitrogen and oxygen atoms in total. The molecule has 13 heavy (non-hydrogen) atoms. The van der Waals surface area contributed by atoms with E-state index in [9.17, 15) is 4.21 Å². The van der Waals surface area contributed by atoms with Crippen LogP contribution in [0, 0.1) is 0 Å².